The minimum Gasteiger partial charge on any atom is -0.334 e. The maximum absolute atomic E-state index is 12.6. The zero-order valence-corrected chi connectivity index (χ0v) is 12.6. The van der Waals surface area contributed by atoms with Crippen LogP contribution in [0.15, 0.2) is 23.1 Å². The van der Waals surface area contributed by atoms with Gasteiger partial charge in [0.25, 0.3) is 5.91 Å². The fourth-order valence-electron chi connectivity index (χ4n) is 2.57. The molecule has 2 N–H and O–H groups in total. The monoisotopic (exact) mass is 296 g/mol. The molecule has 6 heteroatoms. The van der Waals surface area contributed by atoms with Gasteiger partial charge in [-0.3, -0.25) is 4.79 Å². The molecule has 0 aliphatic carbocycles. The summed E-state index contributed by atoms with van der Waals surface area (Å²) in [5, 5.41) is 0. The van der Waals surface area contributed by atoms with Gasteiger partial charge in [-0.1, -0.05) is 6.07 Å². The number of nitrogens with zero attached hydrogens (tertiary/aromatic N) is 1. The van der Waals surface area contributed by atoms with E-state index < -0.39 is 9.84 Å². The molecule has 0 radical (unpaired) electrons. The molecule has 0 bridgehead atoms. The van der Waals surface area contributed by atoms with E-state index in [2.05, 4.69) is 0 Å². The van der Waals surface area contributed by atoms with Crippen molar-refractivity contribution in [3.05, 3.63) is 29.3 Å². The van der Waals surface area contributed by atoms with Gasteiger partial charge in [0.05, 0.1) is 4.90 Å². The zero-order valence-electron chi connectivity index (χ0n) is 11.8. The summed E-state index contributed by atoms with van der Waals surface area (Å²) in [6.45, 7) is 2.94. The number of carbonyl (C=O) groups excluding carboxylic acids is 1. The van der Waals surface area contributed by atoms with Crippen molar-refractivity contribution < 1.29 is 13.2 Å². The molecule has 1 amide bonds. The molecule has 1 fully saturated rings. The van der Waals surface area contributed by atoms with Crippen LogP contribution in [-0.4, -0.2) is 44.6 Å². The smallest absolute Gasteiger partial charge is 0.254 e. The van der Waals surface area contributed by atoms with Gasteiger partial charge in [0.1, 0.15) is 0 Å². The molecule has 2 rings (SSSR count). The number of amides is 1. The van der Waals surface area contributed by atoms with Crippen molar-refractivity contribution in [2.24, 2.45) is 5.73 Å². The number of likely N-dealkylation sites (tertiary alicyclic amines) is 1. The molecule has 1 aromatic rings. The zero-order chi connectivity index (χ0) is 14.9. The van der Waals surface area contributed by atoms with E-state index in [1.807, 2.05) is 6.92 Å². The second-order valence-corrected chi connectivity index (χ2v) is 7.29. The summed E-state index contributed by atoms with van der Waals surface area (Å²) in [4.78, 5) is 14.5. The van der Waals surface area contributed by atoms with Crippen LogP contribution < -0.4 is 5.73 Å². The third-order valence-corrected chi connectivity index (χ3v) is 4.89. The highest BCUT2D eigenvalue weighted by Gasteiger charge is 2.29. The number of benzene rings is 1. The summed E-state index contributed by atoms with van der Waals surface area (Å²) < 4.78 is 23.2. The first-order valence-electron chi connectivity index (χ1n) is 6.66. The molecule has 1 aliphatic rings. The molecule has 0 aromatic heterocycles. The number of sulfone groups is 1. The first kappa shape index (κ1) is 15.0. The van der Waals surface area contributed by atoms with Crippen LogP contribution in [0.5, 0.6) is 0 Å². The van der Waals surface area contributed by atoms with Crippen LogP contribution >= 0.6 is 0 Å². The topological polar surface area (TPSA) is 80.5 Å². The molecule has 1 aliphatic heterocycles. The van der Waals surface area contributed by atoms with Gasteiger partial charge in [-0.2, -0.15) is 0 Å². The molecule has 0 saturated carbocycles. The lowest BCUT2D eigenvalue weighted by atomic mass is 10.1. The molecule has 5 nitrogen and oxygen atoms in total. The largest absolute Gasteiger partial charge is 0.334 e. The number of nitrogens with two attached hydrogens (primary N) is 1. The van der Waals surface area contributed by atoms with Crippen LogP contribution in [0.1, 0.15) is 28.8 Å². The molecule has 0 unspecified atom stereocenters. The first-order valence-corrected chi connectivity index (χ1v) is 8.55. The molecule has 1 saturated heterocycles. The Labute approximate surface area is 119 Å². The van der Waals surface area contributed by atoms with E-state index in [0.717, 1.165) is 24.7 Å². The maximum Gasteiger partial charge on any atom is 0.254 e. The SMILES string of the molecule is Cc1ccc(S(C)(=O)=O)cc1C(=O)N1CCC[C@H]1CN. The van der Waals surface area contributed by atoms with Crippen LogP contribution in [0.4, 0.5) is 0 Å². The Morgan fingerprint density at radius 2 is 2.15 bits per heavy atom. The normalized spacial score (nSPS) is 19.4. The van der Waals surface area contributed by atoms with E-state index in [9.17, 15) is 13.2 Å². The Kier molecular flexibility index (Phi) is 4.15. The minimum atomic E-state index is -3.31. The maximum atomic E-state index is 12.6. The Hall–Kier alpha value is -1.40. The second kappa shape index (κ2) is 5.54. The van der Waals surface area contributed by atoms with Crippen molar-refractivity contribution in [3.63, 3.8) is 0 Å². The molecule has 1 aromatic carbocycles. The Morgan fingerprint density at radius 1 is 1.45 bits per heavy atom. The first-order chi connectivity index (χ1) is 9.34. The highest BCUT2D eigenvalue weighted by Crippen LogP contribution is 2.23. The molecular formula is C14H20N2O3S. The van der Waals surface area contributed by atoms with Crippen LogP contribution in [0.3, 0.4) is 0 Å². The summed E-state index contributed by atoms with van der Waals surface area (Å²) in [6, 6.07) is 4.74. The molecule has 0 spiro atoms. The van der Waals surface area contributed by atoms with Gasteiger partial charge in [-0.05, 0) is 37.5 Å². The molecule has 110 valence electrons. The average Bonchev–Trinajstić information content (AvgIpc) is 2.85. The predicted octanol–water partition coefficient (Wildman–Crippen LogP) is 0.962. The molecule has 20 heavy (non-hydrogen) atoms. The Balaban J connectivity index is 2.39. The van der Waals surface area contributed by atoms with Crippen LogP contribution in [0.2, 0.25) is 0 Å². The minimum absolute atomic E-state index is 0.0591. The Morgan fingerprint density at radius 3 is 2.75 bits per heavy atom. The number of rotatable bonds is 3. The van der Waals surface area contributed by atoms with Crippen molar-refractivity contribution in [3.8, 4) is 0 Å². The third-order valence-electron chi connectivity index (χ3n) is 3.78. The number of hydrogen-bond acceptors (Lipinski definition) is 4. The van der Waals surface area contributed by atoms with Crippen LogP contribution in [0.25, 0.3) is 0 Å². The van der Waals surface area contributed by atoms with Gasteiger partial charge in [0.15, 0.2) is 9.84 Å². The number of hydrogen-bond donors (Lipinski definition) is 1. The van der Waals surface area contributed by atoms with Gasteiger partial charge in [-0.25, -0.2) is 8.42 Å². The van der Waals surface area contributed by atoms with E-state index in [-0.39, 0.29) is 16.8 Å². The van der Waals surface area contributed by atoms with Gasteiger partial charge in [-0.15, -0.1) is 0 Å². The third kappa shape index (κ3) is 2.86. The fraction of sp³-hybridized carbons (Fsp3) is 0.500. The van der Waals surface area contributed by atoms with Crippen molar-refractivity contribution in [2.75, 3.05) is 19.3 Å². The van der Waals surface area contributed by atoms with E-state index in [4.69, 9.17) is 5.73 Å². The fourth-order valence-corrected chi connectivity index (χ4v) is 3.21. The number of carbonyl (C=O) groups is 1. The van der Waals surface area contributed by atoms with Crippen molar-refractivity contribution in [2.45, 2.75) is 30.7 Å². The van der Waals surface area contributed by atoms with Crippen molar-refractivity contribution in [1.82, 2.24) is 4.90 Å². The predicted molar refractivity (Wildman–Crippen MR) is 77.4 cm³/mol. The van der Waals surface area contributed by atoms with Crippen LogP contribution in [-0.2, 0) is 9.84 Å². The second-order valence-electron chi connectivity index (χ2n) is 5.28. The highest BCUT2D eigenvalue weighted by molar-refractivity contribution is 7.90. The quantitative estimate of drug-likeness (QED) is 0.901. The van der Waals surface area contributed by atoms with Crippen molar-refractivity contribution >= 4 is 15.7 Å². The molecular weight excluding hydrogens is 276 g/mol. The van der Waals surface area contributed by atoms with Gasteiger partial charge in [0, 0.05) is 31.0 Å². The lowest BCUT2D eigenvalue weighted by Gasteiger charge is -2.24. The average molecular weight is 296 g/mol. The summed E-state index contributed by atoms with van der Waals surface area (Å²) in [5.41, 5.74) is 6.92. The summed E-state index contributed by atoms with van der Waals surface area (Å²) in [6.07, 6.45) is 3.00. The molecule has 1 heterocycles. The lowest BCUT2D eigenvalue weighted by Crippen LogP contribution is -2.40. The highest BCUT2D eigenvalue weighted by atomic mass is 32.2. The standard InChI is InChI=1S/C14H20N2O3S/c1-10-5-6-12(20(2,18)19)8-13(10)14(17)16-7-3-4-11(16)9-15/h5-6,8,11H,3-4,7,9,15H2,1-2H3/t11-/m0/s1. The van der Waals surface area contributed by atoms with Gasteiger partial charge in [0.2, 0.25) is 0 Å². The van der Waals surface area contributed by atoms with E-state index in [1.54, 1.807) is 11.0 Å². The van der Waals surface area contributed by atoms with Gasteiger partial charge < -0.3 is 10.6 Å². The van der Waals surface area contributed by atoms with E-state index in [0.29, 0.717) is 18.7 Å². The van der Waals surface area contributed by atoms with E-state index >= 15 is 0 Å². The van der Waals surface area contributed by atoms with Crippen molar-refractivity contribution in [1.29, 1.82) is 0 Å². The van der Waals surface area contributed by atoms with Gasteiger partial charge >= 0.3 is 0 Å². The Bertz CT molecular complexity index is 625. The lowest BCUT2D eigenvalue weighted by molar-refractivity contribution is 0.0740. The summed E-state index contributed by atoms with van der Waals surface area (Å²) >= 11 is 0. The number of aryl methyl sites for hydroxylation is 1. The summed E-state index contributed by atoms with van der Waals surface area (Å²) in [7, 11) is -3.31. The van der Waals surface area contributed by atoms with E-state index in [1.165, 1.54) is 12.1 Å². The molecule has 1 atom stereocenters. The summed E-state index contributed by atoms with van der Waals surface area (Å²) in [5.74, 6) is -0.124. The van der Waals surface area contributed by atoms with Crippen LogP contribution in [0, 0.1) is 6.92 Å².